The molecule has 0 saturated heterocycles. The molecule has 98 valence electrons. The van der Waals surface area contributed by atoms with Crippen molar-refractivity contribution in [1.29, 1.82) is 0 Å². The Morgan fingerprint density at radius 1 is 1.37 bits per heavy atom. The molecular formula is C14H16N4S. The molecule has 0 saturated carbocycles. The Morgan fingerprint density at radius 2 is 2.21 bits per heavy atom. The van der Waals surface area contributed by atoms with Gasteiger partial charge in [-0.1, -0.05) is 18.2 Å². The number of hydrogen-bond acceptors (Lipinski definition) is 4. The van der Waals surface area contributed by atoms with E-state index in [0.29, 0.717) is 0 Å². The maximum atomic E-state index is 6.30. The highest BCUT2D eigenvalue weighted by Crippen LogP contribution is 2.29. The van der Waals surface area contributed by atoms with Gasteiger partial charge < -0.3 is 5.73 Å². The highest BCUT2D eigenvalue weighted by atomic mass is 32.1. The summed E-state index contributed by atoms with van der Waals surface area (Å²) in [5, 5.41) is 5.44. The molecule has 3 rings (SSSR count). The average molecular weight is 272 g/mol. The maximum Gasteiger partial charge on any atom is 0.138 e. The normalized spacial score (nSPS) is 12.9. The summed E-state index contributed by atoms with van der Waals surface area (Å²) in [5.74, 6) is 0.951. The second-order valence-corrected chi connectivity index (χ2v) is 5.60. The number of rotatable bonds is 4. The Kier molecular flexibility index (Phi) is 3.31. The van der Waals surface area contributed by atoms with Crippen LogP contribution in [0.2, 0.25) is 0 Å². The predicted molar refractivity (Wildman–Crippen MR) is 78.2 cm³/mol. The second-order valence-electron chi connectivity index (χ2n) is 4.49. The van der Waals surface area contributed by atoms with Crippen LogP contribution in [0.5, 0.6) is 0 Å². The van der Waals surface area contributed by atoms with Gasteiger partial charge in [-0.25, -0.2) is 4.98 Å². The fourth-order valence-corrected chi connectivity index (χ4v) is 3.26. The van der Waals surface area contributed by atoms with Crippen LogP contribution in [0.25, 0.3) is 10.1 Å². The summed E-state index contributed by atoms with van der Waals surface area (Å²) in [4.78, 5) is 5.48. The molecule has 19 heavy (non-hydrogen) atoms. The number of aryl methyl sites for hydroxylation is 1. The second kappa shape index (κ2) is 5.11. The zero-order valence-corrected chi connectivity index (χ0v) is 11.6. The molecule has 1 atom stereocenters. The van der Waals surface area contributed by atoms with Crippen molar-refractivity contribution >= 4 is 21.4 Å². The largest absolute Gasteiger partial charge is 0.323 e. The Morgan fingerprint density at radius 3 is 3.00 bits per heavy atom. The molecule has 0 aliphatic heterocycles. The third-order valence-electron chi connectivity index (χ3n) is 3.21. The van der Waals surface area contributed by atoms with E-state index in [1.54, 1.807) is 17.7 Å². The molecule has 2 N–H and O–H groups in total. The van der Waals surface area contributed by atoms with Gasteiger partial charge in [0.15, 0.2) is 0 Å². The topological polar surface area (TPSA) is 56.7 Å². The van der Waals surface area contributed by atoms with Crippen LogP contribution in [-0.4, -0.2) is 14.8 Å². The first kappa shape index (κ1) is 12.3. The van der Waals surface area contributed by atoms with Gasteiger partial charge in [-0.3, -0.25) is 4.68 Å². The van der Waals surface area contributed by atoms with Crippen LogP contribution < -0.4 is 5.73 Å². The SMILES string of the molecule is CCn1ncnc1CC(N)c1cc2ccccc2s1. The molecule has 0 spiro atoms. The van der Waals surface area contributed by atoms with E-state index in [-0.39, 0.29) is 6.04 Å². The lowest BCUT2D eigenvalue weighted by Crippen LogP contribution is -2.15. The Bertz CT molecular complexity index is 652. The summed E-state index contributed by atoms with van der Waals surface area (Å²) < 4.78 is 3.18. The summed E-state index contributed by atoms with van der Waals surface area (Å²) in [5.41, 5.74) is 6.30. The van der Waals surface area contributed by atoms with Crippen molar-refractivity contribution in [3.8, 4) is 0 Å². The molecule has 3 aromatic rings. The molecule has 1 unspecified atom stereocenters. The molecule has 0 amide bonds. The van der Waals surface area contributed by atoms with E-state index < -0.39 is 0 Å². The van der Waals surface area contributed by atoms with Crippen molar-refractivity contribution in [3.63, 3.8) is 0 Å². The molecule has 2 heterocycles. The molecule has 0 bridgehead atoms. The lowest BCUT2D eigenvalue weighted by Gasteiger charge is -2.09. The summed E-state index contributed by atoms with van der Waals surface area (Å²) in [6.45, 7) is 2.89. The zero-order valence-electron chi connectivity index (χ0n) is 10.8. The lowest BCUT2D eigenvalue weighted by molar-refractivity contribution is 0.584. The van der Waals surface area contributed by atoms with E-state index in [4.69, 9.17) is 5.73 Å². The van der Waals surface area contributed by atoms with Crippen molar-refractivity contribution in [2.24, 2.45) is 5.73 Å². The number of thiophene rings is 1. The molecule has 5 heteroatoms. The predicted octanol–water partition coefficient (Wildman–Crippen LogP) is 2.76. The molecule has 2 aromatic heterocycles. The van der Waals surface area contributed by atoms with Crippen LogP contribution >= 0.6 is 11.3 Å². The Labute approximate surface area is 115 Å². The van der Waals surface area contributed by atoms with E-state index in [2.05, 4.69) is 47.3 Å². The van der Waals surface area contributed by atoms with Gasteiger partial charge >= 0.3 is 0 Å². The molecular weight excluding hydrogens is 256 g/mol. The zero-order chi connectivity index (χ0) is 13.2. The van der Waals surface area contributed by atoms with Crippen LogP contribution in [0, 0.1) is 0 Å². The molecule has 0 aliphatic carbocycles. The summed E-state index contributed by atoms with van der Waals surface area (Å²) in [6, 6.07) is 10.5. The number of aromatic nitrogens is 3. The highest BCUT2D eigenvalue weighted by molar-refractivity contribution is 7.19. The fourth-order valence-electron chi connectivity index (χ4n) is 2.19. The van der Waals surface area contributed by atoms with Crippen molar-refractivity contribution in [1.82, 2.24) is 14.8 Å². The van der Waals surface area contributed by atoms with Crippen molar-refractivity contribution in [2.45, 2.75) is 25.9 Å². The first-order chi connectivity index (χ1) is 9.28. The minimum absolute atomic E-state index is 0.0214. The molecule has 0 fully saturated rings. The van der Waals surface area contributed by atoms with Gasteiger partial charge in [-0.2, -0.15) is 5.10 Å². The van der Waals surface area contributed by atoms with Gasteiger partial charge in [-0.05, 0) is 24.4 Å². The van der Waals surface area contributed by atoms with Gasteiger partial charge in [0.25, 0.3) is 0 Å². The van der Waals surface area contributed by atoms with Gasteiger partial charge in [-0.15, -0.1) is 11.3 Å². The van der Waals surface area contributed by atoms with Crippen LogP contribution in [0.1, 0.15) is 23.7 Å². The van der Waals surface area contributed by atoms with Gasteiger partial charge in [0.2, 0.25) is 0 Å². The smallest absolute Gasteiger partial charge is 0.138 e. The maximum absolute atomic E-state index is 6.30. The third kappa shape index (κ3) is 2.39. The highest BCUT2D eigenvalue weighted by Gasteiger charge is 2.14. The monoisotopic (exact) mass is 272 g/mol. The number of nitrogens with zero attached hydrogens (tertiary/aromatic N) is 3. The lowest BCUT2D eigenvalue weighted by atomic mass is 10.1. The number of benzene rings is 1. The van der Waals surface area contributed by atoms with Crippen LogP contribution in [0.4, 0.5) is 0 Å². The van der Waals surface area contributed by atoms with Gasteiger partial charge in [0, 0.05) is 28.6 Å². The minimum atomic E-state index is -0.0214. The first-order valence-electron chi connectivity index (χ1n) is 6.38. The Balaban J connectivity index is 1.85. The number of hydrogen-bond donors (Lipinski definition) is 1. The summed E-state index contributed by atoms with van der Waals surface area (Å²) in [6.07, 6.45) is 2.32. The Hall–Kier alpha value is -1.72. The molecule has 0 radical (unpaired) electrons. The van der Waals surface area contributed by atoms with Crippen LogP contribution in [0.15, 0.2) is 36.7 Å². The van der Waals surface area contributed by atoms with Gasteiger partial charge in [0.05, 0.1) is 0 Å². The van der Waals surface area contributed by atoms with E-state index in [0.717, 1.165) is 18.8 Å². The summed E-state index contributed by atoms with van der Waals surface area (Å²) >= 11 is 1.76. The standard InChI is InChI=1S/C14H16N4S/c1-2-18-14(16-9-17-18)8-11(15)13-7-10-5-3-4-6-12(10)19-13/h3-7,9,11H,2,8,15H2,1H3. The van der Waals surface area contributed by atoms with E-state index in [9.17, 15) is 0 Å². The van der Waals surface area contributed by atoms with E-state index in [1.807, 2.05) is 4.68 Å². The molecule has 4 nitrogen and oxygen atoms in total. The average Bonchev–Trinajstić information content (AvgIpc) is 3.03. The first-order valence-corrected chi connectivity index (χ1v) is 7.20. The van der Waals surface area contributed by atoms with Gasteiger partial charge in [0.1, 0.15) is 12.2 Å². The number of fused-ring (bicyclic) bond motifs is 1. The molecule has 1 aromatic carbocycles. The van der Waals surface area contributed by atoms with Crippen LogP contribution in [-0.2, 0) is 13.0 Å². The minimum Gasteiger partial charge on any atom is -0.323 e. The third-order valence-corrected chi connectivity index (χ3v) is 4.46. The van der Waals surface area contributed by atoms with E-state index in [1.165, 1.54) is 15.0 Å². The van der Waals surface area contributed by atoms with Crippen molar-refractivity contribution in [2.75, 3.05) is 0 Å². The van der Waals surface area contributed by atoms with E-state index >= 15 is 0 Å². The van der Waals surface area contributed by atoms with Crippen LogP contribution in [0.3, 0.4) is 0 Å². The van der Waals surface area contributed by atoms with Crippen molar-refractivity contribution < 1.29 is 0 Å². The quantitative estimate of drug-likeness (QED) is 0.794. The molecule has 0 aliphatic rings. The number of nitrogens with two attached hydrogens (primary N) is 1. The fraction of sp³-hybridized carbons (Fsp3) is 0.286. The summed E-state index contributed by atoms with van der Waals surface area (Å²) in [7, 11) is 0. The van der Waals surface area contributed by atoms with Crippen molar-refractivity contribution in [3.05, 3.63) is 47.4 Å².